The molecule has 0 saturated heterocycles. The van der Waals surface area contributed by atoms with E-state index in [1.165, 1.54) is 7.11 Å². The molecule has 8 heteroatoms. The number of rotatable bonds is 7. The zero-order chi connectivity index (χ0) is 16.2. The maximum atomic E-state index is 13.6. The van der Waals surface area contributed by atoms with Crippen LogP contribution in [0.25, 0.3) is 0 Å². The largest absolute Gasteiger partial charge is 0.487 e. The molecule has 116 valence electrons. The third-order valence-corrected chi connectivity index (χ3v) is 2.99. The van der Waals surface area contributed by atoms with Crippen LogP contribution in [0, 0.1) is 15.9 Å². The number of hydrogen-bond acceptors (Lipinski definition) is 5. The van der Waals surface area contributed by atoms with Crippen LogP contribution in [0.5, 0.6) is 5.75 Å². The number of nitrogens with zero attached hydrogens (tertiary/aromatic N) is 1. The third kappa shape index (κ3) is 4.38. The fourth-order valence-corrected chi connectivity index (χ4v) is 1.47. The Balaban J connectivity index is 2.99. The Morgan fingerprint density at radius 3 is 2.57 bits per heavy atom. The van der Waals surface area contributed by atoms with Gasteiger partial charge in [0.2, 0.25) is 0 Å². The van der Waals surface area contributed by atoms with Gasteiger partial charge in [0.05, 0.1) is 17.1 Å². The number of nitro benzene ring substituents is 1. The lowest BCUT2D eigenvalue weighted by atomic mass is 10.1. The van der Waals surface area contributed by atoms with Crippen LogP contribution in [0.1, 0.15) is 30.6 Å². The van der Waals surface area contributed by atoms with E-state index in [9.17, 15) is 19.3 Å². The summed E-state index contributed by atoms with van der Waals surface area (Å²) < 4.78 is 23.9. The van der Waals surface area contributed by atoms with E-state index in [0.29, 0.717) is 18.6 Å². The van der Waals surface area contributed by atoms with E-state index in [4.69, 9.17) is 14.6 Å². The van der Waals surface area contributed by atoms with Gasteiger partial charge in [-0.05, 0) is 13.8 Å². The Kier molecular flexibility index (Phi) is 5.20. The maximum Gasteiger partial charge on any atom is 0.338 e. The average Bonchev–Trinajstić information content (AvgIpc) is 2.37. The molecule has 21 heavy (non-hydrogen) atoms. The molecule has 0 saturated carbocycles. The van der Waals surface area contributed by atoms with Gasteiger partial charge in [0, 0.05) is 25.7 Å². The minimum atomic E-state index is -1.58. The Hall–Kier alpha value is -2.22. The van der Waals surface area contributed by atoms with Crippen molar-refractivity contribution in [3.8, 4) is 5.75 Å². The maximum absolute atomic E-state index is 13.6. The van der Waals surface area contributed by atoms with Crippen molar-refractivity contribution in [2.75, 3.05) is 13.7 Å². The summed E-state index contributed by atoms with van der Waals surface area (Å²) in [7, 11) is 1.52. The first kappa shape index (κ1) is 16.8. The summed E-state index contributed by atoms with van der Waals surface area (Å²) in [4.78, 5) is 20.9. The second-order valence-electron chi connectivity index (χ2n) is 4.92. The first-order valence-corrected chi connectivity index (χ1v) is 6.07. The number of carboxylic acid groups (broad SMARTS) is 1. The number of aromatic carboxylic acids is 1. The van der Waals surface area contributed by atoms with Crippen molar-refractivity contribution >= 4 is 11.7 Å². The molecule has 0 aromatic heterocycles. The van der Waals surface area contributed by atoms with Crippen LogP contribution in [0.2, 0.25) is 0 Å². The minimum Gasteiger partial charge on any atom is -0.487 e. The SMILES string of the molecule is COC(C)(C)CCOc1cc(F)c(C(=O)O)cc1[N+](=O)[O-]. The van der Waals surface area contributed by atoms with Crippen molar-refractivity contribution in [3.63, 3.8) is 0 Å². The summed E-state index contributed by atoms with van der Waals surface area (Å²) in [6, 6.07) is 1.36. The van der Waals surface area contributed by atoms with E-state index in [1.54, 1.807) is 13.8 Å². The van der Waals surface area contributed by atoms with Crippen LogP contribution < -0.4 is 4.74 Å². The monoisotopic (exact) mass is 301 g/mol. The molecule has 0 aliphatic heterocycles. The highest BCUT2D eigenvalue weighted by molar-refractivity contribution is 5.89. The number of carboxylic acids is 1. The molecule has 1 rings (SSSR count). The first-order valence-electron chi connectivity index (χ1n) is 6.07. The predicted octanol–water partition coefficient (Wildman–Crippen LogP) is 2.63. The highest BCUT2D eigenvalue weighted by Crippen LogP contribution is 2.30. The molecule has 1 N–H and O–H groups in total. The minimum absolute atomic E-state index is 0.0630. The summed E-state index contributed by atoms with van der Waals surface area (Å²) in [6.07, 6.45) is 0.420. The molecule has 1 aromatic carbocycles. The molecular weight excluding hydrogens is 285 g/mol. The lowest BCUT2D eigenvalue weighted by molar-refractivity contribution is -0.386. The third-order valence-electron chi connectivity index (χ3n) is 2.99. The fraction of sp³-hybridized carbons (Fsp3) is 0.462. The van der Waals surface area contributed by atoms with Gasteiger partial charge in [-0.25, -0.2) is 9.18 Å². The molecule has 0 fully saturated rings. The number of methoxy groups -OCH3 is 1. The van der Waals surface area contributed by atoms with Gasteiger partial charge in [-0.1, -0.05) is 0 Å². The van der Waals surface area contributed by atoms with Crippen molar-refractivity contribution < 1.29 is 28.7 Å². The van der Waals surface area contributed by atoms with E-state index in [2.05, 4.69) is 0 Å². The topological polar surface area (TPSA) is 98.9 Å². The Labute approximate surface area is 120 Å². The number of ether oxygens (including phenoxy) is 2. The van der Waals surface area contributed by atoms with Crippen molar-refractivity contribution in [2.45, 2.75) is 25.9 Å². The molecule has 7 nitrogen and oxygen atoms in total. The van der Waals surface area contributed by atoms with Crippen molar-refractivity contribution in [1.29, 1.82) is 0 Å². The Morgan fingerprint density at radius 2 is 2.10 bits per heavy atom. The van der Waals surface area contributed by atoms with Crippen LogP contribution in [0.4, 0.5) is 10.1 Å². The summed E-state index contributed by atoms with van der Waals surface area (Å²) in [6.45, 7) is 3.67. The number of hydrogen-bond donors (Lipinski definition) is 1. The Morgan fingerprint density at radius 1 is 1.48 bits per heavy atom. The quantitative estimate of drug-likeness (QED) is 0.614. The Bertz CT molecular complexity index is 558. The second-order valence-corrected chi connectivity index (χ2v) is 4.92. The lowest BCUT2D eigenvalue weighted by Gasteiger charge is -2.22. The fourth-order valence-electron chi connectivity index (χ4n) is 1.47. The molecule has 0 bridgehead atoms. The summed E-state index contributed by atoms with van der Waals surface area (Å²) in [5, 5.41) is 19.7. The molecule has 0 heterocycles. The molecule has 0 atom stereocenters. The van der Waals surface area contributed by atoms with Gasteiger partial charge >= 0.3 is 11.7 Å². The van der Waals surface area contributed by atoms with Crippen molar-refractivity contribution in [1.82, 2.24) is 0 Å². The van der Waals surface area contributed by atoms with Gasteiger partial charge in [0.25, 0.3) is 0 Å². The molecule has 0 spiro atoms. The number of carbonyl (C=O) groups is 1. The summed E-state index contributed by atoms with van der Waals surface area (Å²) in [5.74, 6) is -2.98. The normalized spacial score (nSPS) is 11.2. The second kappa shape index (κ2) is 6.49. The van der Waals surface area contributed by atoms with Crippen LogP contribution >= 0.6 is 0 Å². The first-order chi connectivity index (χ1) is 9.68. The van der Waals surface area contributed by atoms with Gasteiger partial charge in [0.1, 0.15) is 11.4 Å². The van der Waals surface area contributed by atoms with Gasteiger partial charge < -0.3 is 14.6 Å². The van der Waals surface area contributed by atoms with E-state index in [0.717, 1.165) is 0 Å². The molecular formula is C13H16FNO6. The molecule has 0 aliphatic rings. The highest BCUT2D eigenvalue weighted by atomic mass is 19.1. The average molecular weight is 301 g/mol. The van der Waals surface area contributed by atoms with E-state index >= 15 is 0 Å². The van der Waals surface area contributed by atoms with Gasteiger partial charge in [-0.2, -0.15) is 0 Å². The van der Waals surface area contributed by atoms with Gasteiger partial charge in [-0.3, -0.25) is 10.1 Å². The van der Waals surface area contributed by atoms with Gasteiger partial charge in [0.15, 0.2) is 5.75 Å². The zero-order valence-corrected chi connectivity index (χ0v) is 11.9. The van der Waals surface area contributed by atoms with Crippen LogP contribution in [-0.4, -0.2) is 35.3 Å². The highest BCUT2D eigenvalue weighted by Gasteiger charge is 2.24. The molecule has 0 unspecified atom stereocenters. The van der Waals surface area contributed by atoms with Gasteiger partial charge in [-0.15, -0.1) is 0 Å². The van der Waals surface area contributed by atoms with E-state index in [-0.39, 0.29) is 12.4 Å². The van der Waals surface area contributed by atoms with Crippen LogP contribution in [0.15, 0.2) is 12.1 Å². The smallest absolute Gasteiger partial charge is 0.338 e. The van der Waals surface area contributed by atoms with E-state index < -0.39 is 33.6 Å². The van der Waals surface area contributed by atoms with E-state index in [1.807, 2.05) is 0 Å². The predicted molar refractivity (Wildman–Crippen MR) is 71.2 cm³/mol. The molecule has 0 amide bonds. The summed E-state index contributed by atoms with van der Waals surface area (Å²) >= 11 is 0. The molecule has 0 aliphatic carbocycles. The standard InChI is InChI=1S/C13H16FNO6/c1-13(2,20-3)4-5-21-11-7-9(14)8(12(16)17)6-10(11)15(18)19/h6-7H,4-5H2,1-3H3,(H,16,17). The zero-order valence-electron chi connectivity index (χ0n) is 11.9. The number of nitro groups is 1. The summed E-state index contributed by atoms with van der Waals surface area (Å²) in [5.41, 5.74) is -1.86. The molecule has 0 radical (unpaired) electrons. The number of benzene rings is 1. The number of halogens is 1. The van der Waals surface area contributed by atoms with Crippen LogP contribution in [0.3, 0.4) is 0 Å². The van der Waals surface area contributed by atoms with Crippen molar-refractivity contribution in [3.05, 3.63) is 33.6 Å². The van der Waals surface area contributed by atoms with Crippen LogP contribution in [-0.2, 0) is 4.74 Å². The lowest BCUT2D eigenvalue weighted by Crippen LogP contribution is -2.25. The molecule has 1 aromatic rings. The van der Waals surface area contributed by atoms with Crippen molar-refractivity contribution in [2.24, 2.45) is 0 Å².